The topological polar surface area (TPSA) is 92.7 Å². The van der Waals surface area contributed by atoms with Crippen LogP contribution in [0.3, 0.4) is 0 Å². The quantitative estimate of drug-likeness (QED) is 0.0485. The van der Waals surface area contributed by atoms with Crippen LogP contribution in [-0.2, 0) is 19.1 Å². The molecule has 0 aliphatic carbocycles. The molecule has 0 saturated heterocycles. The number of hydrogen-bond acceptors (Lipinski definition) is 4. The van der Waals surface area contributed by atoms with Gasteiger partial charge in [-0.15, -0.1) is 0 Å². The lowest BCUT2D eigenvalue weighted by Crippen LogP contribution is -2.28. The number of carboxylic acids is 1. The number of esters is 1. The number of aliphatic carboxylic acids is 1. The normalized spacial score (nSPS) is 12.6. The zero-order chi connectivity index (χ0) is 31.6. The van der Waals surface area contributed by atoms with E-state index >= 15 is 0 Å². The Morgan fingerprint density at radius 3 is 1.88 bits per heavy atom. The fourth-order valence-electron chi connectivity index (χ4n) is 4.62. The van der Waals surface area contributed by atoms with E-state index in [1.807, 2.05) is 6.08 Å². The van der Waals surface area contributed by atoms with Crippen LogP contribution in [0, 0.1) is 0 Å². The lowest BCUT2D eigenvalue weighted by Gasteiger charge is -2.14. The van der Waals surface area contributed by atoms with Crippen LogP contribution in [0.4, 0.5) is 0 Å². The van der Waals surface area contributed by atoms with E-state index in [0.717, 1.165) is 77.0 Å². The van der Waals surface area contributed by atoms with Crippen LogP contribution in [0.5, 0.6) is 0 Å². The Hall–Kier alpha value is -2.63. The van der Waals surface area contributed by atoms with E-state index in [4.69, 9.17) is 9.84 Å². The summed E-state index contributed by atoms with van der Waals surface area (Å²) >= 11 is 0. The van der Waals surface area contributed by atoms with Gasteiger partial charge in [0.05, 0.1) is 0 Å². The Morgan fingerprint density at radius 1 is 0.628 bits per heavy atom. The molecule has 246 valence electrons. The molecule has 0 aliphatic rings. The number of rotatable bonds is 30. The number of hydrogen-bond donors (Lipinski definition) is 2. The third-order valence-corrected chi connectivity index (χ3v) is 7.19. The maximum absolute atomic E-state index is 12.6. The number of carbonyl (C=O) groups is 3. The van der Waals surface area contributed by atoms with Crippen molar-refractivity contribution in [2.45, 2.75) is 161 Å². The van der Waals surface area contributed by atoms with Crippen molar-refractivity contribution < 1.29 is 24.2 Å². The summed E-state index contributed by atoms with van der Waals surface area (Å²) in [5.41, 5.74) is 0. The minimum Gasteiger partial charge on any atom is -0.480 e. The summed E-state index contributed by atoms with van der Waals surface area (Å²) < 4.78 is 5.86. The van der Waals surface area contributed by atoms with Crippen molar-refractivity contribution in [1.29, 1.82) is 0 Å². The third kappa shape index (κ3) is 32.1. The molecule has 0 aromatic carbocycles. The smallest absolute Gasteiger partial charge is 0.322 e. The van der Waals surface area contributed by atoms with E-state index in [2.05, 4.69) is 61.7 Å². The molecule has 6 nitrogen and oxygen atoms in total. The van der Waals surface area contributed by atoms with Crippen LogP contribution in [0.1, 0.15) is 155 Å². The van der Waals surface area contributed by atoms with Gasteiger partial charge in [0.2, 0.25) is 5.91 Å². The van der Waals surface area contributed by atoms with Crippen molar-refractivity contribution in [2.75, 3.05) is 6.54 Å². The van der Waals surface area contributed by atoms with Crippen LogP contribution in [0.2, 0.25) is 0 Å². The number of unbranched alkanes of at least 4 members (excludes halogenated alkanes) is 13. The van der Waals surface area contributed by atoms with Crippen LogP contribution in [0.25, 0.3) is 0 Å². The predicted octanol–water partition coefficient (Wildman–Crippen LogP) is 9.95. The van der Waals surface area contributed by atoms with E-state index in [1.165, 1.54) is 51.4 Å². The van der Waals surface area contributed by atoms with E-state index in [0.29, 0.717) is 12.8 Å². The second-order valence-corrected chi connectivity index (χ2v) is 11.4. The summed E-state index contributed by atoms with van der Waals surface area (Å²) in [5.74, 6) is -1.34. The standard InChI is InChI=1S/C37H63NO5/c1-3-5-7-9-11-13-15-16-18-21-25-29-34(30-26-22-20-23-27-31-35(39)38-33-36(40)41)43-37(42)32-28-24-19-17-14-12-10-8-6-4-2/h8,10-11,13,16,18,25,29,34H,3-7,9,12,14-15,17,19-24,26-28,30-33H2,1-2H3,(H,38,39)(H,40,41)/b10-8-,13-11-,18-16-,29-25-. The second kappa shape index (κ2) is 32.3. The molecule has 0 fully saturated rings. The zero-order valence-corrected chi connectivity index (χ0v) is 27.5. The molecule has 1 amide bonds. The molecule has 0 saturated carbocycles. The van der Waals surface area contributed by atoms with Gasteiger partial charge in [0.15, 0.2) is 0 Å². The average molecular weight is 602 g/mol. The molecule has 0 rings (SSSR count). The first kappa shape index (κ1) is 40.4. The monoisotopic (exact) mass is 601 g/mol. The highest BCUT2D eigenvalue weighted by Gasteiger charge is 2.11. The molecule has 0 radical (unpaired) electrons. The summed E-state index contributed by atoms with van der Waals surface area (Å²) in [5, 5.41) is 11.0. The molecule has 6 heteroatoms. The van der Waals surface area contributed by atoms with Gasteiger partial charge in [-0.25, -0.2) is 0 Å². The number of amides is 1. The molecule has 0 aromatic rings. The van der Waals surface area contributed by atoms with Crippen LogP contribution in [-0.4, -0.2) is 35.6 Å². The molecule has 1 atom stereocenters. The second-order valence-electron chi connectivity index (χ2n) is 11.4. The van der Waals surface area contributed by atoms with E-state index in [1.54, 1.807) is 0 Å². The van der Waals surface area contributed by atoms with Crippen molar-refractivity contribution in [3.63, 3.8) is 0 Å². The first-order valence-corrected chi connectivity index (χ1v) is 17.3. The van der Waals surface area contributed by atoms with Crippen molar-refractivity contribution in [2.24, 2.45) is 0 Å². The van der Waals surface area contributed by atoms with Gasteiger partial charge in [-0.2, -0.15) is 0 Å². The van der Waals surface area contributed by atoms with Gasteiger partial charge >= 0.3 is 11.9 Å². The molecule has 0 heterocycles. The first-order chi connectivity index (χ1) is 21.0. The number of carbonyl (C=O) groups excluding carboxylic acids is 2. The van der Waals surface area contributed by atoms with Crippen molar-refractivity contribution >= 4 is 17.8 Å². The van der Waals surface area contributed by atoms with E-state index < -0.39 is 5.97 Å². The Kier molecular flexibility index (Phi) is 30.3. The zero-order valence-electron chi connectivity index (χ0n) is 27.5. The SMILES string of the molecule is CCC/C=C\CCCCCCCC(=O)OC(/C=C\C/C=C\C/C=C\CCCCC)CCCCCCCC(=O)NCC(=O)O. The lowest BCUT2D eigenvalue weighted by molar-refractivity contribution is -0.147. The van der Waals surface area contributed by atoms with Gasteiger partial charge in [0.25, 0.3) is 0 Å². The third-order valence-electron chi connectivity index (χ3n) is 7.19. The molecule has 0 aliphatic heterocycles. The Morgan fingerprint density at radius 2 is 1.19 bits per heavy atom. The maximum atomic E-state index is 12.6. The largest absolute Gasteiger partial charge is 0.480 e. The summed E-state index contributed by atoms with van der Waals surface area (Å²) in [6.07, 6.45) is 39.5. The maximum Gasteiger partial charge on any atom is 0.322 e. The summed E-state index contributed by atoms with van der Waals surface area (Å²) in [6.45, 7) is 4.10. The van der Waals surface area contributed by atoms with Gasteiger partial charge in [-0.05, 0) is 76.7 Å². The first-order valence-electron chi connectivity index (χ1n) is 17.3. The summed E-state index contributed by atoms with van der Waals surface area (Å²) in [6, 6.07) is 0. The highest BCUT2D eigenvalue weighted by molar-refractivity contribution is 5.80. The molecular formula is C37H63NO5. The van der Waals surface area contributed by atoms with Crippen LogP contribution in [0.15, 0.2) is 48.6 Å². The molecular weight excluding hydrogens is 538 g/mol. The Balaban J connectivity index is 4.38. The highest BCUT2D eigenvalue weighted by Crippen LogP contribution is 2.14. The fraction of sp³-hybridized carbons (Fsp3) is 0.703. The molecule has 0 spiro atoms. The van der Waals surface area contributed by atoms with Crippen LogP contribution >= 0.6 is 0 Å². The minimum atomic E-state index is -1.03. The molecule has 2 N–H and O–H groups in total. The van der Waals surface area contributed by atoms with E-state index in [9.17, 15) is 14.4 Å². The Labute approximate surface area is 263 Å². The van der Waals surface area contributed by atoms with E-state index in [-0.39, 0.29) is 24.5 Å². The Bertz CT molecular complexity index is 799. The summed E-state index contributed by atoms with van der Waals surface area (Å²) in [4.78, 5) is 34.7. The highest BCUT2D eigenvalue weighted by atomic mass is 16.5. The summed E-state index contributed by atoms with van der Waals surface area (Å²) in [7, 11) is 0. The predicted molar refractivity (Wildman–Crippen MR) is 180 cm³/mol. The van der Waals surface area contributed by atoms with Gasteiger partial charge < -0.3 is 15.2 Å². The number of ether oxygens (including phenoxy) is 1. The minimum absolute atomic E-state index is 0.103. The van der Waals surface area contributed by atoms with Crippen LogP contribution < -0.4 is 5.32 Å². The molecule has 43 heavy (non-hydrogen) atoms. The number of nitrogens with one attached hydrogen (secondary N) is 1. The van der Waals surface area contributed by atoms with Gasteiger partial charge in [0, 0.05) is 12.8 Å². The van der Waals surface area contributed by atoms with Crippen molar-refractivity contribution in [3.05, 3.63) is 48.6 Å². The molecule has 1 unspecified atom stereocenters. The van der Waals surface area contributed by atoms with Gasteiger partial charge in [-0.1, -0.05) is 114 Å². The van der Waals surface area contributed by atoms with Crippen molar-refractivity contribution in [1.82, 2.24) is 5.32 Å². The molecule has 0 aromatic heterocycles. The lowest BCUT2D eigenvalue weighted by atomic mass is 10.1. The number of allylic oxidation sites excluding steroid dienone is 7. The number of carboxylic acid groups (broad SMARTS) is 1. The average Bonchev–Trinajstić information content (AvgIpc) is 2.99. The van der Waals surface area contributed by atoms with Gasteiger partial charge in [-0.3, -0.25) is 14.4 Å². The van der Waals surface area contributed by atoms with Crippen molar-refractivity contribution in [3.8, 4) is 0 Å². The van der Waals surface area contributed by atoms with Gasteiger partial charge in [0.1, 0.15) is 12.6 Å². The fourth-order valence-corrected chi connectivity index (χ4v) is 4.62. The molecule has 0 bridgehead atoms.